The summed E-state index contributed by atoms with van der Waals surface area (Å²) in [6.45, 7) is 7.31. The van der Waals surface area contributed by atoms with Gasteiger partial charge in [0.15, 0.2) is 5.82 Å². The van der Waals surface area contributed by atoms with Crippen molar-refractivity contribution in [2.45, 2.75) is 37.9 Å². The minimum Gasteiger partial charge on any atom is -0.391 e. The summed E-state index contributed by atoms with van der Waals surface area (Å²) in [6.07, 6.45) is 2.13. The van der Waals surface area contributed by atoms with Crippen molar-refractivity contribution in [3.05, 3.63) is 29.8 Å². The Morgan fingerprint density at radius 1 is 1.29 bits per heavy atom. The Kier molecular flexibility index (Phi) is 5.92. The summed E-state index contributed by atoms with van der Waals surface area (Å²) >= 11 is 1.51. The van der Waals surface area contributed by atoms with E-state index in [0.717, 1.165) is 36.9 Å². The average Bonchev–Trinajstić information content (AvgIpc) is 3.05. The maximum absolute atomic E-state index is 10.3. The van der Waals surface area contributed by atoms with Gasteiger partial charge < -0.3 is 10.0 Å². The van der Waals surface area contributed by atoms with Crippen molar-refractivity contribution >= 4 is 11.8 Å². The molecule has 5 nitrogen and oxygen atoms in total. The Morgan fingerprint density at radius 2 is 2.00 bits per heavy atom. The van der Waals surface area contributed by atoms with Gasteiger partial charge in [-0.2, -0.15) is 0 Å². The summed E-state index contributed by atoms with van der Waals surface area (Å²) < 4.78 is 0. The summed E-state index contributed by atoms with van der Waals surface area (Å²) in [6, 6.07) is 8.20. The predicted molar refractivity (Wildman–Crippen MR) is 98.1 cm³/mol. The minimum atomic E-state index is -0.343. The van der Waals surface area contributed by atoms with E-state index in [9.17, 15) is 5.11 Å². The molecule has 0 spiro atoms. The highest BCUT2D eigenvalue weighted by Gasteiger charge is 2.18. The van der Waals surface area contributed by atoms with Crippen LogP contribution in [-0.4, -0.2) is 56.7 Å². The quantitative estimate of drug-likeness (QED) is 0.787. The van der Waals surface area contributed by atoms with E-state index >= 15 is 0 Å². The molecule has 0 amide bonds. The van der Waals surface area contributed by atoms with Gasteiger partial charge in [-0.05, 0) is 38.8 Å². The van der Waals surface area contributed by atoms with Gasteiger partial charge in [0.1, 0.15) is 0 Å². The fraction of sp³-hybridized carbons (Fsp3) is 0.556. The highest BCUT2D eigenvalue weighted by molar-refractivity contribution is 7.99. The molecule has 1 unspecified atom stereocenters. The molecule has 24 heavy (non-hydrogen) atoms. The van der Waals surface area contributed by atoms with Gasteiger partial charge in [-0.1, -0.05) is 48.5 Å². The Morgan fingerprint density at radius 3 is 2.71 bits per heavy atom. The van der Waals surface area contributed by atoms with Crippen molar-refractivity contribution in [2.75, 3.05) is 25.4 Å². The van der Waals surface area contributed by atoms with E-state index in [0.29, 0.717) is 10.9 Å². The smallest absolute Gasteiger partial charge is 0.208 e. The molecule has 0 saturated carbocycles. The monoisotopic (exact) mass is 346 g/mol. The van der Waals surface area contributed by atoms with E-state index in [4.69, 9.17) is 0 Å². The van der Waals surface area contributed by atoms with Gasteiger partial charge in [-0.3, -0.25) is 5.10 Å². The zero-order valence-electron chi connectivity index (χ0n) is 14.4. The molecule has 2 heterocycles. The molecule has 1 aliphatic heterocycles. The number of rotatable bonds is 6. The molecular weight excluding hydrogens is 320 g/mol. The lowest BCUT2D eigenvalue weighted by Crippen LogP contribution is -2.39. The normalized spacial score (nSPS) is 18.0. The molecule has 1 aromatic heterocycles. The van der Waals surface area contributed by atoms with Crippen molar-refractivity contribution in [1.29, 1.82) is 0 Å². The highest BCUT2D eigenvalue weighted by atomic mass is 32.2. The number of hydrogen-bond acceptors (Lipinski definition) is 5. The molecule has 1 atom stereocenters. The molecule has 2 aromatic rings. The van der Waals surface area contributed by atoms with Crippen molar-refractivity contribution in [3.8, 4) is 11.4 Å². The molecule has 1 aliphatic rings. The van der Waals surface area contributed by atoms with Gasteiger partial charge in [0.05, 0.1) is 6.10 Å². The molecule has 1 aromatic carbocycles. The molecule has 130 valence electrons. The van der Waals surface area contributed by atoms with Gasteiger partial charge in [0.2, 0.25) is 5.16 Å². The zero-order chi connectivity index (χ0) is 16.9. The molecule has 0 radical (unpaired) electrons. The van der Waals surface area contributed by atoms with Gasteiger partial charge >= 0.3 is 0 Å². The van der Waals surface area contributed by atoms with Crippen LogP contribution >= 0.6 is 11.8 Å². The van der Waals surface area contributed by atoms with Crippen molar-refractivity contribution in [1.82, 2.24) is 20.1 Å². The lowest BCUT2D eigenvalue weighted by Gasteiger charge is -2.31. The number of thioether (sulfide) groups is 1. The van der Waals surface area contributed by atoms with E-state index < -0.39 is 0 Å². The fourth-order valence-corrected chi connectivity index (χ4v) is 3.63. The summed E-state index contributed by atoms with van der Waals surface area (Å²) in [4.78, 5) is 6.87. The van der Waals surface area contributed by atoms with Gasteiger partial charge in [0, 0.05) is 17.9 Å². The Hall–Kier alpha value is -1.37. The first-order valence-electron chi connectivity index (χ1n) is 8.63. The maximum atomic E-state index is 10.3. The Balaban J connectivity index is 1.47. The van der Waals surface area contributed by atoms with Crippen molar-refractivity contribution < 1.29 is 5.11 Å². The van der Waals surface area contributed by atoms with Crippen LogP contribution in [0.2, 0.25) is 0 Å². The molecule has 1 fully saturated rings. The molecule has 0 aliphatic carbocycles. The first-order valence-corrected chi connectivity index (χ1v) is 9.61. The van der Waals surface area contributed by atoms with Crippen LogP contribution in [0.15, 0.2) is 29.4 Å². The maximum Gasteiger partial charge on any atom is 0.208 e. The number of nitrogens with zero attached hydrogens (tertiary/aromatic N) is 3. The third-order valence-electron chi connectivity index (χ3n) is 4.54. The zero-order valence-corrected chi connectivity index (χ0v) is 15.2. The Labute approximate surface area is 147 Å². The topological polar surface area (TPSA) is 65.0 Å². The van der Waals surface area contributed by atoms with E-state index in [1.165, 1.54) is 30.2 Å². The second-order valence-electron chi connectivity index (χ2n) is 6.78. The van der Waals surface area contributed by atoms with Crippen molar-refractivity contribution in [2.24, 2.45) is 5.92 Å². The third-order valence-corrected chi connectivity index (χ3v) is 5.53. The minimum absolute atomic E-state index is 0.343. The van der Waals surface area contributed by atoms with Crippen LogP contribution in [0.4, 0.5) is 0 Å². The number of aliphatic hydroxyl groups is 1. The molecule has 3 rings (SSSR count). The summed E-state index contributed by atoms with van der Waals surface area (Å²) in [7, 11) is 0. The first-order chi connectivity index (χ1) is 11.6. The molecule has 6 heteroatoms. The van der Waals surface area contributed by atoms with Crippen LogP contribution in [0.25, 0.3) is 11.4 Å². The van der Waals surface area contributed by atoms with Crippen molar-refractivity contribution in [3.63, 3.8) is 0 Å². The second kappa shape index (κ2) is 8.14. The molecule has 2 N–H and O–H groups in total. The van der Waals surface area contributed by atoms with Crippen LogP contribution in [0.1, 0.15) is 25.3 Å². The number of aromatic amines is 1. The van der Waals surface area contributed by atoms with Gasteiger partial charge in [0.25, 0.3) is 0 Å². The first kappa shape index (κ1) is 17.5. The summed E-state index contributed by atoms with van der Waals surface area (Å²) in [5.41, 5.74) is 2.26. The number of hydrogen-bond donors (Lipinski definition) is 2. The van der Waals surface area contributed by atoms with Crippen LogP contribution in [0.3, 0.4) is 0 Å². The highest BCUT2D eigenvalue weighted by Crippen LogP contribution is 2.21. The van der Waals surface area contributed by atoms with E-state index in [2.05, 4.69) is 46.1 Å². The Bertz CT molecular complexity index is 635. The van der Waals surface area contributed by atoms with E-state index in [1.807, 2.05) is 12.1 Å². The van der Waals surface area contributed by atoms with Crippen LogP contribution in [0.5, 0.6) is 0 Å². The van der Waals surface area contributed by atoms with E-state index in [1.54, 1.807) is 0 Å². The number of aromatic nitrogens is 3. The predicted octanol–water partition coefficient (Wildman–Crippen LogP) is 2.97. The largest absolute Gasteiger partial charge is 0.391 e. The SMILES string of the molecule is Cc1ccc(-c2nc(SCC(O)CN3CCC(C)CC3)n[nH]2)cc1. The average molecular weight is 347 g/mol. The lowest BCUT2D eigenvalue weighted by molar-refractivity contribution is 0.105. The number of aliphatic hydroxyl groups excluding tert-OH is 1. The second-order valence-corrected chi connectivity index (χ2v) is 7.77. The van der Waals surface area contributed by atoms with E-state index in [-0.39, 0.29) is 6.10 Å². The number of likely N-dealkylation sites (tertiary alicyclic amines) is 1. The van der Waals surface area contributed by atoms with Gasteiger partial charge in [-0.15, -0.1) is 5.10 Å². The number of nitrogens with one attached hydrogen (secondary N) is 1. The number of aryl methyl sites for hydroxylation is 1. The number of piperidine rings is 1. The molecule has 1 saturated heterocycles. The molecular formula is C18H26N4OS. The molecule has 0 bridgehead atoms. The third kappa shape index (κ3) is 4.82. The standard InChI is InChI=1S/C18H26N4OS/c1-13-3-5-15(6-4-13)17-19-18(21-20-17)24-12-16(23)11-22-9-7-14(2)8-10-22/h3-6,14,16,23H,7-12H2,1-2H3,(H,19,20,21). The van der Waals surface area contributed by atoms with Crippen LogP contribution in [-0.2, 0) is 0 Å². The fourth-order valence-electron chi connectivity index (χ4n) is 2.92. The lowest BCUT2D eigenvalue weighted by atomic mass is 9.99. The summed E-state index contributed by atoms with van der Waals surface area (Å²) in [5, 5.41) is 18.2. The number of β-amino-alcohol motifs (C(OH)–C–C–N with tert-alkyl or cyclic N) is 1. The number of H-pyrrole nitrogens is 1. The van der Waals surface area contributed by atoms with Crippen LogP contribution < -0.4 is 0 Å². The number of benzene rings is 1. The van der Waals surface area contributed by atoms with Crippen LogP contribution in [0, 0.1) is 12.8 Å². The van der Waals surface area contributed by atoms with Gasteiger partial charge in [-0.25, -0.2) is 4.98 Å². The summed E-state index contributed by atoms with van der Waals surface area (Å²) in [5.74, 6) is 2.22.